The van der Waals surface area contributed by atoms with Crippen LogP contribution < -0.4 is 5.32 Å². The highest BCUT2D eigenvalue weighted by Gasteiger charge is 2.27. The van der Waals surface area contributed by atoms with Gasteiger partial charge >= 0.3 is 0 Å². The summed E-state index contributed by atoms with van der Waals surface area (Å²) in [5.74, 6) is 0.736. The van der Waals surface area contributed by atoms with Crippen molar-refractivity contribution in [3.05, 3.63) is 29.7 Å². The molecule has 0 amide bonds. The lowest BCUT2D eigenvalue weighted by molar-refractivity contribution is 0.314. The van der Waals surface area contributed by atoms with Crippen molar-refractivity contribution < 1.29 is 8.42 Å². The Morgan fingerprint density at radius 3 is 2.82 bits per heavy atom. The SMILES string of the molecule is CS(=O)(=O)N1CCC[C@@H](c2cnc(Nc3nccs3)cn2)C1. The summed E-state index contributed by atoms with van der Waals surface area (Å²) in [5.41, 5.74) is 0.832. The quantitative estimate of drug-likeness (QED) is 0.914. The molecule has 0 unspecified atom stereocenters. The second-order valence-corrected chi connectivity index (χ2v) is 8.13. The van der Waals surface area contributed by atoms with E-state index in [1.54, 1.807) is 18.6 Å². The van der Waals surface area contributed by atoms with Crippen LogP contribution >= 0.6 is 11.3 Å². The Hall–Kier alpha value is -1.58. The fourth-order valence-electron chi connectivity index (χ4n) is 2.49. The first-order valence-corrected chi connectivity index (χ1v) is 9.69. The molecule has 1 fully saturated rings. The van der Waals surface area contributed by atoms with Gasteiger partial charge in [-0.1, -0.05) is 0 Å². The van der Waals surface area contributed by atoms with E-state index >= 15 is 0 Å². The minimum atomic E-state index is -3.14. The average Bonchev–Trinajstić information content (AvgIpc) is 3.00. The van der Waals surface area contributed by atoms with Crippen LogP contribution in [0.4, 0.5) is 10.9 Å². The average molecular weight is 339 g/mol. The molecule has 3 heterocycles. The Morgan fingerprint density at radius 1 is 1.32 bits per heavy atom. The third-order valence-corrected chi connectivity index (χ3v) is 5.57. The van der Waals surface area contributed by atoms with Crippen LogP contribution in [0, 0.1) is 0 Å². The van der Waals surface area contributed by atoms with Crippen molar-refractivity contribution >= 4 is 32.3 Å². The van der Waals surface area contributed by atoms with Gasteiger partial charge in [0, 0.05) is 30.6 Å². The first kappa shape index (κ1) is 15.3. The molecule has 0 aromatic carbocycles. The highest BCUT2D eigenvalue weighted by Crippen LogP contribution is 2.27. The summed E-state index contributed by atoms with van der Waals surface area (Å²) in [6.07, 6.45) is 8.12. The third kappa shape index (κ3) is 3.60. The molecule has 0 bridgehead atoms. The summed E-state index contributed by atoms with van der Waals surface area (Å²) in [6, 6.07) is 0. The van der Waals surface area contributed by atoms with E-state index in [9.17, 15) is 8.42 Å². The molecule has 3 rings (SSSR count). The summed E-state index contributed by atoms with van der Waals surface area (Å²) in [6.45, 7) is 1.07. The van der Waals surface area contributed by atoms with E-state index in [1.807, 2.05) is 5.38 Å². The summed E-state index contributed by atoms with van der Waals surface area (Å²) in [7, 11) is -3.14. The van der Waals surface area contributed by atoms with Gasteiger partial charge < -0.3 is 5.32 Å². The standard InChI is InChI=1S/C13H17N5O2S2/c1-22(19,20)18-5-2-3-10(9-18)11-7-16-12(8-15-11)17-13-14-4-6-21-13/h4,6-8,10H,2-3,5,9H2,1H3,(H,14,16,17)/t10-/m1/s1. The number of sulfonamides is 1. The van der Waals surface area contributed by atoms with Crippen LogP contribution in [0.5, 0.6) is 0 Å². The van der Waals surface area contributed by atoms with Crippen LogP contribution in [0.25, 0.3) is 0 Å². The van der Waals surface area contributed by atoms with Gasteiger partial charge in [-0.3, -0.25) is 4.98 Å². The lowest BCUT2D eigenvalue weighted by atomic mass is 9.96. The van der Waals surface area contributed by atoms with Crippen molar-refractivity contribution in [3.8, 4) is 0 Å². The lowest BCUT2D eigenvalue weighted by Crippen LogP contribution is -2.38. The Kier molecular flexibility index (Phi) is 4.37. The van der Waals surface area contributed by atoms with Crippen LogP contribution in [0.15, 0.2) is 24.0 Å². The van der Waals surface area contributed by atoms with E-state index in [1.165, 1.54) is 21.9 Å². The van der Waals surface area contributed by atoms with Gasteiger partial charge in [0.05, 0.1) is 24.3 Å². The number of nitrogens with one attached hydrogen (secondary N) is 1. The van der Waals surface area contributed by atoms with Crippen LogP contribution in [0.3, 0.4) is 0 Å². The van der Waals surface area contributed by atoms with Crippen LogP contribution in [0.1, 0.15) is 24.5 Å². The molecule has 7 nitrogen and oxygen atoms in total. The zero-order valence-corrected chi connectivity index (χ0v) is 13.8. The smallest absolute Gasteiger partial charge is 0.211 e. The minimum Gasteiger partial charge on any atom is -0.315 e. The van der Waals surface area contributed by atoms with E-state index in [0.717, 1.165) is 23.7 Å². The van der Waals surface area contributed by atoms with Crippen LogP contribution in [0.2, 0.25) is 0 Å². The van der Waals surface area contributed by atoms with Gasteiger partial charge in [-0.05, 0) is 12.8 Å². The number of nitrogens with zero attached hydrogens (tertiary/aromatic N) is 4. The number of hydrogen-bond donors (Lipinski definition) is 1. The molecule has 1 aliphatic rings. The van der Waals surface area contributed by atoms with Gasteiger partial charge in [-0.2, -0.15) is 0 Å². The lowest BCUT2D eigenvalue weighted by Gasteiger charge is -2.30. The monoisotopic (exact) mass is 339 g/mol. The number of piperidine rings is 1. The molecule has 9 heteroatoms. The van der Waals surface area contributed by atoms with E-state index in [0.29, 0.717) is 18.9 Å². The van der Waals surface area contributed by atoms with Crippen molar-refractivity contribution in [2.24, 2.45) is 0 Å². The first-order chi connectivity index (χ1) is 10.5. The predicted molar refractivity (Wildman–Crippen MR) is 85.8 cm³/mol. The number of rotatable bonds is 4. The maximum absolute atomic E-state index is 11.7. The molecule has 2 aromatic rings. The molecule has 0 saturated carbocycles. The van der Waals surface area contributed by atoms with E-state index < -0.39 is 10.0 Å². The molecule has 1 aliphatic heterocycles. The molecule has 0 aliphatic carbocycles. The normalized spacial score (nSPS) is 20.0. The Labute approximate surface area is 133 Å². The van der Waals surface area contributed by atoms with Gasteiger partial charge in [0.1, 0.15) is 0 Å². The Morgan fingerprint density at radius 2 is 2.18 bits per heavy atom. The maximum atomic E-state index is 11.7. The second-order valence-electron chi connectivity index (χ2n) is 5.25. The van der Waals surface area contributed by atoms with Crippen molar-refractivity contribution in [2.45, 2.75) is 18.8 Å². The molecule has 0 spiro atoms. The van der Waals surface area contributed by atoms with E-state index in [2.05, 4.69) is 20.3 Å². The zero-order valence-electron chi connectivity index (χ0n) is 12.1. The van der Waals surface area contributed by atoms with E-state index in [4.69, 9.17) is 0 Å². The maximum Gasteiger partial charge on any atom is 0.211 e. The molecule has 118 valence electrons. The van der Waals surface area contributed by atoms with Gasteiger partial charge in [0.15, 0.2) is 10.9 Å². The summed E-state index contributed by atoms with van der Waals surface area (Å²) >= 11 is 1.49. The van der Waals surface area contributed by atoms with Gasteiger partial charge in [-0.15, -0.1) is 11.3 Å². The molecule has 2 aromatic heterocycles. The number of aromatic nitrogens is 3. The van der Waals surface area contributed by atoms with Crippen LogP contribution in [-0.2, 0) is 10.0 Å². The summed E-state index contributed by atoms with van der Waals surface area (Å²) in [5, 5.41) is 5.72. The number of hydrogen-bond acceptors (Lipinski definition) is 7. The molecular formula is C13H17N5O2S2. The highest BCUT2D eigenvalue weighted by atomic mass is 32.2. The predicted octanol–water partition coefficient (Wildman–Crippen LogP) is 1.82. The first-order valence-electron chi connectivity index (χ1n) is 6.96. The number of thiazole rings is 1. The molecule has 0 radical (unpaired) electrons. The van der Waals surface area contributed by atoms with Crippen molar-refractivity contribution in [3.63, 3.8) is 0 Å². The second kappa shape index (κ2) is 6.27. The molecule has 22 heavy (non-hydrogen) atoms. The Balaban J connectivity index is 1.70. The van der Waals surface area contributed by atoms with Crippen molar-refractivity contribution in [2.75, 3.05) is 24.7 Å². The Bertz CT molecular complexity index is 715. The van der Waals surface area contributed by atoms with Gasteiger partial charge in [0.25, 0.3) is 0 Å². The van der Waals surface area contributed by atoms with Gasteiger partial charge in [-0.25, -0.2) is 22.7 Å². The molecule has 1 N–H and O–H groups in total. The number of anilines is 2. The fraction of sp³-hybridized carbons (Fsp3) is 0.462. The molecule has 1 atom stereocenters. The zero-order chi connectivity index (χ0) is 15.6. The van der Waals surface area contributed by atoms with E-state index in [-0.39, 0.29) is 5.92 Å². The van der Waals surface area contributed by atoms with Crippen LogP contribution in [-0.4, -0.2) is 47.0 Å². The molecular weight excluding hydrogens is 322 g/mol. The topological polar surface area (TPSA) is 88.1 Å². The molecule has 1 saturated heterocycles. The highest BCUT2D eigenvalue weighted by molar-refractivity contribution is 7.88. The summed E-state index contributed by atoms with van der Waals surface area (Å²) in [4.78, 5) is 12.9. The summed E-state index contributed by atoms with van der Waals surface area (Å²) < 4.78 is 24.9. The minimum absolute atomic E-state index is 0.102. The largest absolute Gasteiger partial charge is 0.315 e. The fourth-order valence-corrected chi connectivity index (χ4v) is 3.94. The van der Waals surface area contributed by atoms with Crippen molar-refractivity contribution in [1.82, 2.24) is 19.3 Å². The van der Waals surface area contributed by atoms with Crippen molar-refractivity contribution in [1.29, 1.82) is 0 Å². The third-order valence-electron chi connectivity index (χ3n) is 3.61. The van der Waals surface area contributed by atoms with Gasteiger partial charge in [0.2, 0.25) is 10.0 Å².